The smallest absolute Gasteiger partial charge is 0.152 e. The van der Waals surface area contributed by atoms with Gasteiger partial charge in [0.1, 0.15) is 5.82 Å². The van der Waals surface area contributed by atoms with E-state index in [-0.39, 0.29) is 0 Å². The first-order chi connectivity index (χ1) is 9.20. The van der Waals surface area contributed by atoms with Crippen molar-refractivity contribution in [1.82, 2.24) is 9.97 Å². The molecule has 1 aromatic heterocycles. The number of halogens is 2. The van der Waals surface area contributed by atoms with Crippen LogP contribution < -0.4 is 5.32 Å². The van der Waals surface area contributed by atoms with Crippen molar-refractivity contribution in [3.8, 4) is 0 Å². The highest BCUT2D eigenvalue weighted by atomic mass is 79.9. The fourth-order valence-electron chi connectivity index (χ4n) is 1.81. The van der Waals surface area contributed by atoms with Crippen LogP contribution in [0.3, 0.4) is 0 Å². The van der Waals surface area contributed by atoms with Gasteiger partial charge in [0.25, 0.3) is 0 Å². The van der Waals surface area contributed by atoms with Crippen LogP contribution in [0.2, 0.25) is 5.15 Å². The summed E-state index contributed by atoms with van der Waals surface area (Å²) < 4.78 is 1.04. The van der Waals surface area contributed by atoms with E-state index in [2.05, 4.69) is 38.1 Å². The molecule has 102 valence electrons. The van der Waals surface area contributed by atoms with Crippen molar-refractivity contribution in [3.05, 3.63) is 45.4 Å². The summed E-state index contributed by atoms with van der Waals surface area (Å²) in [7, 11) is 0. The molecule has 0 saturated carbocycles. The summed E-state index contributed by atoms with van der Waals surface area (Å²) in [4.78, 5) is 7.63. The van der Waals surface area contributed by atoms with Crippen LogP contribution >= 0.6 is 27.5 Å². The summed E-state index contributed by atoms with van der Waals surface area (Å²) in [6.45, 7) is 2.81. The van der Waals surface area contributed by atoms with Gasteiger partial charge in [0, 0.05) is 16.6 Å². The molecule has 1 aromatic carbocycles. The normalized spacial score (nSPS) is 10.7. The molecule has 0 aliphatic heterocycles. The number of anilines is 1. The van der Waals surface area contributed by atoms with Crippen molar-refractivity contribution in [2.24, 2.45) is 0 Å². The predicted molar refractivity (Wildman–Crippen MR) is 83.7 cm³/mol. The number of para-hydroxylation sites is 1. The number of imidazole rings is 1. The second-order valence-electron chi connectivity index (χ2n) is 4.39. The molecule has 0 fully saturated rings. The van der Waals surface area contributed by atoms with E-state index in [4.69, 9.17) is 11.6 Å². The largest absolute Gasteiger partial charge is 0.378 e. The van der Waals surface area contributed by atoms with E-state index < -0.39 is 0 Å². The first kappa shape index (κ1) is 14.4. The molecule has 0 saturated heterocycles. The molecule has 0 spiro atoms. The number of H-pyrrole nitrogens is 1. The molecule has 19 heavy (non-hydrogen) atoms. The second kappa shape index (κ2) is 6.96. The van der Waals surface area contributed by atoms with E-state index in [0.717, 1.165) is 40.9 Å². The number of hydrogen-bond donors (Lipinski definition) is 2. The molecule has 1 heterocycles. The summed E-state index contributed by atoms with van der Waals surface area (Å²) in [6.07, 6.45) is 3.23. The third kappa shape index (κ3) is 3.98. The Kier molecular flexibility index (Phi) is 5.28. The first-order valence-electron chi connectivity index (χ1n) is 6.42. The summed E-state index contributed by atoms with van der Waals surface area (Å²) in [5, 5.41) is 3.90. The molecule has 0 amide bonds. The molecule has 2 aromatic rings. The molecule has 0 unspecified atom stereocenters. The second-order valence-corrected chi connectivity index (χ2v) is 5.60. The topological polar surface area (TPSA) is 40.7 Å². The minimum atomic E-state index is 0.561. The van der Waals surface area contributed by atoms with Gasteiger partial charge in [-0.15, -0.1) is 0 Å². The van der Waals surface area contributed by atoms with Gasteiger partial charge in [-0.2, -0.15) is 0 Å². The molecule has 2 rings (SSSR count). The number of aromatic amines is 1. The fraction of sp³-hybridized carbons (Fsp3) is 0.357. The van der Waals surface area contributed by atoms with E-state index in [1.54, 1.807) is 0 Å². The average Bonchev–Trinajstić information content (AvgIpc) is 2.76. The van der Waals surface area contributed by atoms with Crippen LogP contribution in [0.15, 0.2) is 28.7 Å². The lowest BCUT2D eigenvalue weighted by molar-refractivity contribution is 0.760. The lowest BCUT2D eigenvalue weighted by Gasteiger charge is -2.07. The molecular weight excluding hydrogens is 326 g/mol. The highest BCUT2D eigenvalue weighted by Gasteiger charge is 2.08. The predicted octanol–water partition coefficient (Wildman–Crippen LogP) is 4.78. The number of aromatic nitrogens is 2. The van der Waals surface area contributed by atoms with Gasteiger partial charge in [0.2, 0.25) is 0 Å². The van der Waals surface area contributed by atoms with Crippen molar-refractivity contribution >= 4 is 33.2 Å². The Bertz CT molecular complexity index is 539. The number of benzene rings is 1. The monoisotopic (exact) mass is 341 g/mol. The zero-order valence-electron chi connectivity index (χ0n) is 10.8. The van der Waals surface area contributed by atoms with Crippen molar-refractivity contribution in [3.63, 3.8) is 0 Å². The van der Waals surface area contributed by atoms with Crippen LogP contribution in [0.1, 0.15) is 31.3 Å². The lowest BCUT2D eigenvalue weighted by atomic mass is 10.2. The summed E-state index contributed by atoms with van der Waals surface area (Å²) in [5.41, 5.74) is 1.98. The van der Waals surface area contributed by atoms with Gasteiger partial charge in [-0.25, -0.2) is 4.98 Å². The maximum absolute atomic E-state index is 6.14. The van der Waals surface area contributed by atoms with E-state index in [0.29, 0.717) is 11.7 Å². The van der Waals surface area contributed by atoms with Gasteiger partial charge in [0.15, 0.2) is 5.15 Å². The molecule has 2 N–H and O–H groups in total. The molecular formula is C14H17BrClN3. The highest BCUT2D eigenvalue weighted by Crippen LogP contribution is 2.23. The van der Waals surface area contributed by atoms with Crippen LogP contribution in [0.25, 0.3) is 0 Å². The standard InChI is InChI=1S/C14H17BrClN3/c1-2-3-8-13-18-12(14(16)19-13)9-17-11-7-5-4-6-10(11)15/h4-7,17H,2-3,8-9H2,1H3,(H,18,19). The van der Waals surface area contributed by atoms with Gasteiger partial charge in [-0.3, -0.25) is 0 Å². The maximum Gasteiger partial charge on any atom is 0.152 e. The van der Waals surface area contributed by atoms with Crippen LogP contribution in [-0.2, 0) is 13.0 Å². The summed E-state index contributed by atoms with van der Waals surface area (Å²) in [5.74, 6) is 0.968. The fourth-order valence-corrected chi connectivity index (χ4v) is 2.45. The van der Waals surface area contributed by atoms with Crippen molar-refractivity contribution in [2.75, 3.05) is 5.32 Å². The average molecular weight is 343 g/mol. The Balaban J connectivity index is 1.99. The van der Waals surface area contributed by atoms with Crippen molar-refractivity contribution in [2.45, 2.75) is 32.7 Å². The highest BCUT2D eigenvalue weighted by molar-refractivity contribution is 9.10. The van der Waals surface area contributed by atoms with Crippen LogP contribution in [0.4, 0.5) is 5.69 Å². The Morgan fingerprint density at radius 1 is 1.37 bits per heavy atom. The minimum Gasteiger partial charge on any atom is -0.378 e. The minimum absolute atomic E-state index is 0.561. The summed E-state index contributed by atoms with van der Waals surface area (Å²) in [6, 6.07) is 8.01. The maximum atomic E-state index is 6.14. The van der Waals surface area contributed by atoms with Crippen molar-refractivity contribution < 1.29 is 0 Å². The Morgan fingerprint density at radius 2 is 2.16 bits per heavy atom. The van der Waals surface area contributed by atoms with Gasteiger partial charge in [-0.05, 0) is 34.5 Å². The first-order valence-corrected chi connectivity index (χ1v) is 7.59. The van der Waals surface area contributed by atoms with E-state index in [9.17, 15) is 0 Å². The zero-order valence-corrected chi connectivity index (χ0v) is 13.2. The Hall–Kier alpha value is -1.000. The lowest BCUT2D eigenvalue weighted by Crippen LogP contribution is -2.01. The van der Waals surface area contributed by atoms with Crippen molar-refractivity contribution in [1.29, 1.82) is 0 Å². The quantitative estimate of drug-likeness (QED) is 0.793. The van der Waals surface area contributed by atoms with Gasteiger partial charge < -0.3 is 10.3 Å². The Morgan fingerprint density at radius 3 is 2.89 bits per heavy atom. The molecule has 3 nitrogen and oxygen atoms in total. The van der Waals surface area contributed by atoms with E-state index >= 15 is 0 Å². The zero-order chi connectivity index (χ0) is 13.7. The molecule has 0 aliphatic carbocycles. The number of rotatable bonds is 6. The third-order valence-corrected chi connectivity index (χ3v) is 3.88. The summed E-state index contributed by atoms with van der Waals surface area (Å²) >= 11 is 9.64. The van der Waals surface area contributed by atoms with Gasteiger partial charge >= 0.3 is 0 Å². The van der Waals surface area contributed by atoms with E-state index in [1.165, 1.54) is 0 Å². The number of hydrogen-bond acceptors (Lipinski definition) is 2. The molecule has 0 bridgehead atoms. The number of aryl methyl sites for hydroxylation is 1. The van der Waals surface area contributed by atoms with Crippen LogP contribution in [-0.4, -0.2) is 9.97 Å². The molecule has 0 atom stereocenters. The molecule has 0 aliphatic rings. The number of nitrogens with one attached hydrogen (secondary N) is 2. The van der Waals surface area contributed by atoms with E-state index in [1.807, 2.05) is 24.3 Å². The third-order valence-electron chi connectivity index (χ3n) is 2.87. The number of unbranched alkanes of at least 4 members (excludes halogenated alkanes) is 1. The van der Waals surface area contributed by atoms with Crippen LogP contribution in [0.5, 0.6) is 0 Å². The molecule has 5 heteroatoms. The molecule has 0 radical (unpaired) electrons. The van der Waals surface area contributed by atoms with Crippen LogP contribution in [0, 0.1) is 0 Å². The van der Waals surface area contributed by atoms with Gasteiger partial charge in [0.05, 0.1) is 12.2 Å². The van der Waals surface area contributed by atoms with Gasteiger partial charge in [-0.1, -0.05) is 37.1 Å². The SMILES string of the molecule is CCCCc1nc(Cl)c(CNc2ccccc2Br)[nH]1. The Labute approximate surface area is 126 Å². The number of nitrogens with zero attached hydrogens (tertiary/aromatic N) is 1.